The zero-order valence-electron chi connectivity index (χ0n) is 13.5. The molecule has 0 unspecified atom stereocenters. The number of anilines is 2. The third-order valence-corrected chi connectivity index (χ3v) is 3.80. The summed E-state index contributed by atoms with van der Waals surface area (Å²) in [7, 11) is 0. The number of carbonyl (C=O) groups excluding carboxylic acids is 1. The van der Waals surface area contributed by atoms with Gasteiger partial charge in [0.05, 0.1) is 16.9 Å². The summed E-state index contributed by atoms with van der Waals surface area (Å²) in [5, 5.41) is 29.6. The van der Waals surface area contributed by atoms with E-state index in [4.69, 9.17) is 5.11 Å². The minimum atomic E-state index is -1.16. The Bertz CT molecular complexity index is 938. The summed E-state index contributed by atoms with van der Waals surface area (Å²) in [6, 6.07) is 18.0. The second-order valence-corrected chi connectivity index (χ2v) is 5.50. The Kier molecular flexibility index (Phi) is 4.57. The number of carboxylic acids is 1. The lowest BCUT2D eigenvalue weighted by Crippen LogP contribution is -2.26. The van der Waals surface area contributed by atoms with E-state index in [1.807, 2.05) is 0 Å². The van der Waals surface area contributed by atoms with Gasteiger partial charge in [0.1, 0.15) is 11.5 Å². The lowest BCUT2D eigenvalue weighted by Gasteiger charge is -2.24. The molecule has 3 rings (SSSR count). The second-order valence-electron chi connectivity index (χ2n) is 5.50. The van der Waals surface area contributed by atoms with Gasteiger partial charge in [-0.15, -0.1) is 0 Å². The Hall–Kier alpha value is -3.80. The molecule has 1 amide bonds. The number of rotatable bonds is 4. The van der Waals surface area contributed by atoms with Crippen LogP contribution in [0.15, 0.2) is 72.8 Å². The van der Waals surface area contributed by atoms with Gasteiger partial charge in [-0.3, -0.25) is 9.69 Å². The number of benzene rings is 3. The van der Waals surface area contributed by atoms with Gasteiger partial charge in [-0.05, 0) is 42.5 Å². The van der Waals surface area contributed by atoms with E-state index in [0.717, 1.165) is 4.90 Å². The summed E-state index contributed by atoms with van der Waals surface area (Å²) < 4.78 is 0. The van der Waals surface area contributed by atoms with Crippen LogP contribution in [0, 0.1) is 0 Å². The standard InChI is InChI=1S/C20H15NO5/c22-17-10-3-1-8-15(17)21(16-9-2-4-11-18(16)23)19(24)13-6-5-7-14(12-13)20(25)26/h1-12,22-23H,(H,25,26). The van der Waals surface area contributed by atoms with E-state index in [1.165, 1.54) is 48.5 Å². The molecule has 0 heterocycles. The number of hydrogen-bond donors (Lipinski definition) is 3. The molecule has 6 heteroatoms. The summed E-state index contributed by atoms with van der Waals surface area (Å²) >= 11 is 0. The number of phenols is 2. The quantitative estimate of drug-likeness (QED) is 0.666. The fourth-order valence-corrected chi connectivity index (χ4v) is 2.57. The molecule has 6 nitrogen and oxygen atoms in total. The number of nitrogens with zero attached hydrogens (tertiary/aromatic N) is 1. The molecule has 130 valence electrons. The molecule has 0 aromatic heterocycles. The first-order valence-electron chi connectivity index (χ1n) is 7.73. The largest absolute Gasteiger partial charge is 0.506 e. The number of carbonyl (C=O) groups is 2. The number of hydrogen-bond acceptors (Lipinski definition) is 4. The number of aromatic carboxylic acids is 1. The van der Waals surface area contributed by atoms with Crippen molar-refractivity contribution in [3.63, 3.8) is 0 Å². The maximum atomic E-state index is 13.1. The highest BCUT2D eigenvalue weighted by atomic mass is 16.4. The Morgan fingerprint density at radius 2 is 1.19 bits per heavy atom. The normalized spacial score (nSPS) is 10.3. The molecule has 0 spiro atoms. The molecule has 3 aromatic carbocycles. The molecular formula is C20H15NO5. The molecule has 0 aliphatic rings. The van der Waals surface area contributed by atoms with Crippen LogP contribution in [0.4, 0.5) is 11.4 Å². The number of para-hydroxylation sites is 4. The number of aromatic hydroxyl groups is 2. The van der Waals surface area contributed by atoms with Gasteiger partial charge in [-0.25, -0.2) is 4.79 Å². The van der Waals surface area contributed by atoms with E-state index < -0.39 is 11.9 Å². The van der Waals surface area contributed by atoms with Crippen LogP contribution in [0.2, 0.25) is 0 Å². The smallest absolute Gasteiger partial charge is 0.335 e. The minimum absolute atomic E-state index is 0.0367. The molecular weight excluding hydrogens is 334 g/mol. The van der Waals surface area contributed by atoms with Gasteiger partial charge in [-0.2, -0.15) is 0 Å². The van der Waals surface area contributed by atoms with E-state index >= 15 is 0 Å². The third kappa shape index (κ3) is 3.21. The lowest BCUT2D eigenvalue weighted by molar-refractivity contribution is 0.0697. The van der Waals surface area contributed by atoms with Gasteiger partial charge in [0.25, 0.3) is 5.91 Å². The molecule has 0 radical (unpaired) electrons. The average Bonchev–Trinajstić information content (AvgIpc) is 2.65. The van der Waals surface area contributed by atoms with E-state index in [2.05, 4.69) is 0 Å². The molecule has 0 aliphatic heterocycles. The van der Waals surface area contributed by atoms with Gasteiger partial charge >= 0.3 is 5.97 Å². The lowest BCUT2D eigenvalue weighted by atomic mass is 10.1. The van der Waals surface area contributed by atoms with E-state index in [-0.39, 0.29) is 34.0 Å². The van der Waals surface area contributed by atoms with Crippen LogP contribution in [-0.2, 0) is 0 Å². The van der Waals surface area contributed by atoms with Gasteiger partial charge in [-0.1, -0.05) is 30.3 Å². The molecule has 3 N–H and O–H groups in total. The molecule has 0 saturated heterocycles. The van der Waals surface area contributed by atoms with Crippen molar-refractivity contribution in [3.05, 3.63) is 83.9 Å². The molecule has 26 heavy (non-hydrogen) atoms. The number of amides is 1. The van der Waals surface area contributed by atoms with Gasteiger partial charge in [0, 0.05) is 5.56 Å². The van der Waals surface area contributed by atoms with E-state index in [1.54, 1.807) is 24.3 Å². The second kappa shape index (κ2) is 6.98. The third-order valence-electron chi connectivity index (χ3n) is 3.80. The fourth-order valence-electron chi connectivity index (χ4n) is 2.57. The van der Waals surface area contributed by atoms with Crippen molar-refractivity contribution in [3.8, 4) is 11.5 Å². The average molecular weight is 349 g/mol. The summed E-state index contributed by atoms with van der Waals surface area (Å²) in [6.07, 6.45) is 0. The van der Waals surface area contributed by atoms with Crippen molar-refractivity contribution in [1.29, 1.82) is 0 Å². The van der Waals surface area contributed by atoms with Gasteiger partial charge < -0.3 is 15.3 Å². The molecule has 0 fully saturated rings. The fraction of sp³-hybridized carbons (Fsp3) is 0. The van der Waals surface area contributed by atoms with Crippen LogP contribution >= 0.6 is 0 Å². The minimum Gasteiger partial charge on any atom is -0.506 e. The first kappa shape index (κ1) is 17.0. The van der Waals surface area contributed by atoms with Crippen LogP contribution in [0.3, 0.4) is 0 Å². The topological polar surface area (TPSA) is 98.1 Å². The van der Waals surface area contributed by atoms with Crippen LogP contribution in [0.25, 0.3) is 0 Å². The zero-order valence-corrected chi connectivity index (χ0v) is 13.5. The Labute approximate surface area is 149 Å². The van der Waals surface area contributed by atoms with Crippen molar-refractivity contribution >= 4 is 23.3 Å². The van der Waals surface area contributed by atoms with Gasteiger partial charge in [0.2, 0.25) is 0 Å². The first-order valence-corrected chi connectivity index (χ1v) is 7.73. The maximum Gasteiger partial charge on any atom is 0.335 e. The van der Waals surface area contributed by atoms with Crippen LogP contribution in [0.5, 0.6) is 11.5 Å². The van der Waals surface area contributed by atoms with Crippen LogP contribution in [0.1, 0.15) is 20.7 Å². The summed E-state index contributed by atoms with van der Waals surface area (Å²) in [6.45, 7) is 0. The SMILES string of the molecule is O=C(O)c1cccc(C(=O)N(c2ccccc2O)c2ccccc2O)c1. The summed E-state index contributed by atoms with van der Waals surface area (Å²) in [5.41, 5.74) is 0.404. The monoisotopic (exact) mass is 349 g/mol. The van der Waals surface area contributed by atoms with E-state index in [9.17, 15) is 19.8 Å². The van der Waals surface area contributed by atoms with Crippen molar-refractivity contribution < 1.29 is 24.9 Å². The number of carboxylic acid groups (broad SMARTS) is 1. The van der Waals surface area contributed by atoms with Crippen molar-refractivity contribution in [1.82, 2.24) is 0 Å². The summed E-state index contributed by atoms with van der Waals surface area (Å²) in [4.78, 5) is 25.5. The highest BCUT2D eigenvalue weighted by Crippen LogP contribution is 2.38. The Morgan fingerprint density at radius 1 is 0.692 bits per heavy atom. The highest BCUT2D eigenvalue weighted by Gasteiger charge is 2.25. The van der Waals surface area contributed by atoms with Gasteiger partial charge in [0.15, 0.2) is 0 Å². The summed E-state index contributed by atoms with van der Waals surface area (Å²) in [5.74, 6) is -2.05. The van der Waals surface area contributed by atoms with Crippen LogP contribution in [-0.4, -0.2) is 27.2 Å². The first-order chi connectivity index (χ1) is 12.5. The van der Waals surface area contributed by atoms with Crippen LogP contribution < -0.4 is 4.90 Å². The van der Waals surface area contributed by atoms with Crippen molar-refractivity contribution in [2.24, 2.45) is 0 Å². The van der Waals surface area contributed by atoms with E-state index in [0.29, 0.717) is 0 Å². The maximum absolute atomic E-state index is 13.1. The molecule has 0 aliphatic carbocycles. The van der Waals surface area contributed by atoms with Crippen molar-refractivity contribution in [2.45, 2.75) is 0 Å². The Balaban J connectivity index is 2.17. The molecule has 0 atom stereocenters. The highest BCUT2D eigenvalue weighted by molar-refractivity contribution is 6.13. The predicted molar refractivity (Wildman–Crippen MR) is 96.1 cm³/mol. The van der Waals surface area contributed by atoms with Crippen molar-refractivity contribution in [2.75, 3.05) is 4.90 Å². The Morgan fingerprint density at radius 3 is 1.69 bits per heavy atom. The molecule has 0 bridgehead atoms. The zero-order chi connectivity index (χ0) is 18.7. The predicted octanol–water partition coefficient (Wildman–Crippen LogP) is 3.77. The number of phenolic OH excluding ortho intramolecular Hbond substituents is 2. The molecule has 3 aromatic rings. The molecule has 0 saturated carbocycles.